The molecule has 206 valence electrons. The highest BCUT2D eigenvalue weighted by molar-refractivity contribution is 6.30. The van der Waals surface area contributed by atoms with E-state index in [0.717, 1.165) is 22.6 Å². The Kier molecular flexibility index (Phi) is 6.08. The molecular weight excluding hydrogens is 523 g/mol. The van der Waals surface area contributed by atoms with Crippen LogP contribution in [0.2, 0.25) is 0 Å². The monoisotopic (exact) mass is 549 g/mol. The fourth-order valence-electron chi connectivity index (χ4n) is 6.42. The Bertz CT molecular complexity index is 1490. The Hall–Kier alpha value is -4.34. The van der Waals surface area contributed by atoms with Crippen LogP contribution in [0.5, 0.6) is 5.75 Å². The first kappa shape index (κ1) is 25.9. The van der Waals surface area contributed by atoms with E-state index in [2.05, 4.69) is 5.32 Å². The average Bonchev–Trinajstić information content (AvgIpc) is 2.95. The zero-order valence-corrected chi connectivity index (χ0v) is 21.6. The number of nitrogens with one attached hydrogen (secondary N) is 1. The SMILES string of the molecule is COc1ccc(N2C(=O)NC(=O)[C@]3(Cc4cc(C(F)(F)F)ccc4N4CC[C@@H](c5ccccc5)C[C@@H]43)C2=O)cc1. The number of alkyl halides is 3. The van der Waals surface area contributed by atoms with E-state index < -0.39 is 41.0 Å². The molecule has 7 nitrogen and oxygen atoms in total. The van der Waals surface area contributed by atoms with E-state index in [0.29, 0.717) is 30.8 Å². The summed E-state index contributed by atoms with van der Waals surface area (Å²) >= 11 is 0. The van der Waals surface area contributed by atoms with Crippen molar-refractivity contribution in [2.75, 3.05) is 23.5 Å². The fourth-order valence-corrected chi connectivity index (χ4v) is 6.42. The highest BCUT2D eigenvalue weighted by Gasteiger charge is 2.63. The lowest BCUT2D eigenvalue weighted by Crippen LogP contribution is -2.73. The lowest BCUT2D eigenvalue weighted by molar-refractivity contribution is -0.145. The number of carbonyl (C=O) groups excluding carboxylic acids is 3. The van der Waals surface area contributed by atoms with E-state index in [1.165, 1.54) is 25.3 Å². The van der Waals surface area contributed by atoms with E-state index >= 15 is 0 Å². The van der Waals surface area contributed by atoms with Gasteiger partial charge in [0.1, 0.15) is 5.75 Å². The number of carbonyl (C=O) groups is 3. The lowest BCUT2D eigenvalue weighted by atomic mass is 9.64. The molecule has 6 rings (SSSR count). The first-order valence-corrected chi connectivity index (χ1v) is 13.0. The van der Waals surface area contributed by atoms with Gasteiger partial charge >= 0.3 is 12.2 Å². The minimum atomic E-state index is -4.59. The van der Waals surface area contributed by atoms with E-state index in [4.69, 9.17) is 4.74 Å². The van der Waals surface area contributed by atoms with Crippen molar-refractivity contribution in [3.63, 3.8) is 0 Å². The molecule has 0 radical (unpaired) electrons. The molecule has 0 unspecified atom stereocenters. The van der Waals surface area contributed by atoms with Gasteiger partial charge in [0.2, 0.25) is 5.91 Å². The Labute approximate surface area is 228 Å². The molecule has 0 aromatic heterocycles. The van der Waals surface area contributed by atoms with Crippen LogP contribution >= 0.6 is 0 Å². The topological polar surface area (TPSA) is 79.0 Å². The van der Waals surface area contributed by atoms with Crippen molar-refractivity contribution in [2.24, 2.45) is 5.41 Å². The van der Waals surface area contributed by atoms with Gasteiger partial charge in [0.25, 0.3) is 5.91 Å². The highest BCUT2D eigenvalue weighted by atomic mass is 19.4. The number of imide groups is 2. The van der Waals surface area contributed by atoms with Crippen LogP contribution in [0.4, 0.5) is 29.3 Å². The molecular formula is C30H26F3N3O4. The number of barbiturate groups is 1. The van der Waals surface area contributed by atoms with Gasteiger partial charge < -0.3 is 9.64 Å². The number of amides is 4. The van der Waals surface area contributed by atoms with Gasteiger partial charge in [-0.05, 0) is 78.8 Å². The number of hydrogen-bond acceptors (Lipinski definition) is 5. The van der Waals surface area contributed by atoms with Crippen LogP contribution in [-0.4, -0.2) is 37.5 Å². The second kappa shape index (κ2) is 9.39. The standard InChI is InChI=1S/C30H26F3N3O4/c1-40-23-10-8-22(9-11-23)36-27(38)29(26(37)34-28(36)39)17-20-15-21(30(31,32)33)7-12-24(20)35-14-13-19(16-25(29)35)18-5-3-2-4-6-18/h2-12,15,19,25H,13-14,16-17H2,1H3,(H,34,37,39)/t19-,25-,29-/m1/s1. The first-order chi connectivity index (χ1) is 19.1. The maximum Gasteiger partial charge on any atom is 0.416 e. The lowest BCUT2D eigenvalue weighted by Gasteiger charge is -2.55. The van der Waals surface area contributed by atoms with E-state index in [-0.39, 0.29) is 23.6 Å². The van der Waals surface area contributed by atoms with Crippen LogP contribution in [0.25, 0.3) is 0 Å². The molecule has 10 heteroatoms. The summed E-state index contributed by atoms with van der Waals surface area (Å²) in [5, 5.41) is 2.36. The van der Waals surface area contributed by atoms with Crippen LogP contribution in [-0.2, 0) is 22.2 Å². The van der Waals surface area contributed by atoms with Crippen molar-refractivity contribution in [3.05, 3.63) is 89.5 Å². The molecule has 40 heavy (non-hydrogen) atoms. The predicted octanol–water partition coefficient (Wildman–Crippen LogP) is 5.29. The summed E-state index contributed by atoms with van der Waals surface area (Å²) in [6.07, 6.45) is -3.76. The number of piperidine rings is 1. The first-order valence-electron chi connectivity index (χ1n) is 13.0. The van der Waals surface area contributed by atoms with Crippen molar-refractivity contribution in [1.29, 1.82) is 0 Å². The van der Waals surface area contributed by atoms with E-state index in [9.17, 15) is 27.6 Å². The molecule has 3 atom stereocenters. The summed E-state index contributed by atoms with van der Waals surface area (Å²) in [7, 11) is 1.48. The molecule has 3 aromatic carbocycles. The van der Waals surface area contributed by atoms with Gasteiger partial charge in [0.05, 0.1) is 24.4 Å². The molecule has 0 aliphatic carbocycles. The van der Waals surface area contributed by atoms with Crippen LogP contribution in [0.1, 0.15) is 35.4 Å². The molecule has 3 aliphatic heterocycles. The average molecular weight is 550 g/mol. The van der Waals surface area contributed by atoms with E-state index in [1.807, 2.05) is 35.2 Å². The van der Waals surface area contributed by atoms with Gasteiger partial charge in [-0.15, -0.1) is 0 Å². The van der Waals surface area contributed by atoms with Gasteiger partial charge in [0, 0.05) is 12.2 Å². The number of urea groups is 1. The fraction of sp³-hybridized carbons (Fsp3) is 0.300. The molecule has 0 bridgehead atoms. The molecule has 0 saturated carbocycles. The van der Waals surface area contributed by atoms with Crippen LogP contribution < -0.4 is 19.9 Å². The smallest absolute Gasteiger partial charge is 0.416 e. The number of nitrogens with zero attached hydrogens (tertiary/aromatic N) is 2. The third kappa shape index (κ3) is 4.01. The van der Waals surface area contributed by atoms with Crippen molar-refractivity contribution >= 4 is 29.2 Å². The normalized spacial score (nSPS) is 24.4. The molecule has 3 heterocycles. The Morgan fingerprint density at radius 2 is 1.70 bits per heavy atom. The number of anilines is 2. The molecule has 3 aromatic rings. The van der Waals surface area contributed by atoms with Crippen molar-refractivity contribution in [1.82, 2.24) is 5.32 Å². The van der Waals surface area contributed by atoms with Crippen LogP contribution in [0.15, 0.2) is 72.8 Å². The number of hydrogen-bond donors (Lipinski definition) is 1. The number of rotatable bonds is 3. The summed E-state index contributed by atoms with van der Waals surface area (Å²) in [5.41, 5.74) is -0.571. The summed E-state index contributed by atoms with van der Waals surface area (Å²) in [6.45, 7) is 0.432. The molecule has 4 amide bonds. The van der Waals surface area contributed by atoms with Gasteiger partial charge in [-0.1, -0.05) is 30.3 Å². The van der Waals surface area contributed by atoms with E-state index in [1.54, 1.807) is 12.1 Å². The number of halogens is 3. The van der Waals surface area contributed by atoms with Crippen molar-refractivity contribution in [2.45, 2.75) is 37.4 Å². The molecule has 2 fully saturated rings. The number of methoxy groups -OCH3 is 1. The quantitative estimate of drug-likeness (QED) is 0.449. The summed E-state index contributed by atoms with van der Waals surface area (Å²) in [5.74, 6) is -1.02. The Balaban J connectivity index is 1.49. The zero-order chi connectivity index (χ0) is 28.2. The van der Waals surface area contributed by atoms with Crippen molar-refractivity contribution in [3.8, 4) is 5.75 Å². The van der Waals surface area contributed by atoms with Crippen molar-refractivity contribution < 1.29 is 32.3 Å². The third-order valence-corrected chi connectivity index (χ3v) is 8.37. The zero-order valence-electron chi connectivity index (χ0n) is 21.6. The highest BCUT2D eigenvalue weighted by Crippen LogP contribution is 2.51. The maximum atomic E-state index is 14.4. The minimum Gasteiger partial charge on any atom is -0.497 e. The summed E-state index contributed by atoms with van der Waals surface area (Å²) in [6, 6.07) is 17.9. The predicted molar refractivity (Wildman–Crippen MR) is 141 cm³/mol. The summed E-state index contributed by atoms with van der Waals surface area (Å²) < 4.78 is 46.3. The molecule has 1 spiro atoms. The van der Waals surface area contributed by atoms with Gasteiger partial charge in [-0.3, -0.25) is 14.9 Å². The largest absolute Gasteiger partial charge is 0.497 e. The molecule has 2 saturated heterocycles. The van der Waals surface area contributed by atoms with Gasteiger partial charge in [-0.25, -0.2) is 9.69 Å². The van der Waals surface area contributed by atoms with Gasteiger partial charge in [0.15, 0.2) is 5.41 Å². The number of benzene rings is 3. The Morgan fingerprint density at radius 3 is 2.38 bits per heavy atom. The van der Waals surface area contributed by atoms with Gasteiger partial charge in [-0.2, -0.15) is 13.2 Å². The Morgan fingerprint density at radius 1 is 0.975 bits per heavy atom. The molecule has 3 aliphatic rings. The third-order valence-electron chi connectivity index (χ3n) is 8.37. The van der Waals surface area contributed by atoms with Crippen LogP contribution in [0, 0.1) is 5.41 Å². The molecule has 1 N–H and O–H groups in total. The maximum absolute atomic E-state index is 14.4. The number of ether oxygens (including phenoxy) is 1. The summed E-state index contributed by atoms with van der Waals surface area (Å²) in [4.78, 5) is 44.1. The number of fused-ring (bicyclic) bond motifs is 4. The minimum absolute atomic E-state index is 0.0167. The second-order valence-electron chi connectivity index (χ2n) is 10.4. The van der Waals surface area contributed by atoms with Crippen LogP contribution in [0.3, 0.4) is 0 Å². The second-order valence-corrected chi connectivity index (χ2v) is 10.4.